The van der Waals surface area contributed by atoms with Gasteiger partial charge < -0.3 is 25.5 Å². The van der Waals surface area contributed by atoms with Crippen LogP contribution in [0.2, 0.25) is 0 Å². The maximum absolute atomic E-state index is 12.5. The second kappa shape index (κ2) is 10.8. The number of oxime groups is 1. The summed E-state index contributed by atoms with van der Waals surface area (Å²) in [6, 6.07) is 6.66. The van der Waals surface area contributed by atoms with Crippen molar-refractivity contribution in [3.05, 3.63) is 54.9 Å². The Balaban J connectivity index is 2.15. The van der Waals surface area contributed by atoms with Gasteiger partial charge in [-0.3, -0.25) is 4.79 Å². The molecule has 1 amide bonds. The number of methoxy groups -OCH3 is 1. The summed E-state index contributed by atoms with van der Waals surface area (Å²) in [5.74, 6) is -1.48. The Morgan fingerprint density at radius 1 is 1.10 bits per heavy atom. The highest BCUT2D eigenvalue weighted by Crippen LogP contribution is 2.34. The average Bonchev–Trinajstić information content (AvgIpc) is 2.68. The first-order chi connectivity index (χ1) is 14.2. The van der Waals surface area contributed by atoms with Gasteiger partial charge in [-0.1, -0.05) is 11.2 Å². The third-order valence-electron chi connectivity index (χ3n) is 4.07. The van der Waals surface area contributed by atoms with Crippen molar-refractivity contribution in [1.82, 2.24) is 5.32 Å². The molecular formula is C19H17Br3N2O6. The molecule has 160 valence electrons. The van der Waals surface area contributed by atoms with Gasteiger partial charge >= 0.3 is 5.97 Å². The SMILES string of the molecule is COc1c(Br)cc(CC(=NO)C(=O)NC(Cc2ccc(O)c(Br)c2)C(=O)O)cc1Br. The Labute approximate surface area is 197 Å². The van der Waals surface area contributed by atoms with Crippen LogP contribution >= 0.6 is 47.8 Å². The lowest BCUT2D eigenvalue weighted by molar-refractivity contribution is -0.141. The number of hydrogen-bond donors (Lipinski definition) is 4. The number of amides is 1. The van der Waals surface area contributed by atoms with E-state index in [1.54, 1.807) is 24.3 Å². The zero-order valence-electron chi connectivity index (χ0n) is 15.5. The van der Waals surface area contributed by atoms with Gasteiger partial charge in [-0.25, -0.2) is 4.79 Å². The molecule has 30 heavy (non-hydrogen) atoms. The lowest BCUT2D eigenvalue weighted by Crippen LogP contribution is -2.45. The first-order valence-electron chi connectivity index (χ1n) is 8.40. The van der Waals surface area contributed by atoms with Crippen molar-refractivity contribution >= 4 is 65.4 Å². The van der Waals surface area contributed by atoms with Gasteiger partial charge in [0.15, 0.2) is 0 Å². The molecule has 1 unspecified atom stereocenters. The van der Waals surface area contributed by atoms with Crippen molar-refractivity contribution in [2.24, 2.45) is 5.16 Å². The van der Waals surface area contributed by atoms with Crippen LogP contribution in [0.4, 0.5) is 0 Å². The van der Waals surface area contributed by atoms with Crippen LogP contribution in [0, 0.1) is 0 Å². The molecule has 0 aliphatic carbocycles. The predicted molar refractivity (Wildman–Crippen MR) is 120 cm³/mol. The molecule has 0 aliphatic heterocycles. The summed E-state index contributed by atoms with van der Waals surface area (Å²) >= 11 is 9.88. The fourth-order valence-electron chi connectivity index (χ4n) is 2.62. The normalized spacial score (nSPS) is 12.3. The number of carboxylic acids is 1. The molecule has 0 saturated carbocycles. The summed E-state index contributed by atoms with van der Waals surface area (Å²) in [6.45, 7) is 0. The van der Waals surface area contributed by atoms with Crippen LogP contribution < -0.4 is 10.1 Å². The van der Waals surface area contributed by atoms with Gasteiger partial charge in [0.2, 0.25) is 0 Å². The zero-order chi connectivity index (χ0) is 22.4. The summed E-state index contributed by atoms with van der Waals surface area (Å²) in [5.41, 5.74) is 0.960. The van der Waals surface area contributed by atoms with E-state index in [0.717, 1.165) is 0 Å². The number of aromatic hydroxyl groups is 1. The first-order valence-corrected chi connectivity index (χ1v) is 10.8. The highest BCUT2D eigenvalue weighted by molar-refractivity contribution is 9.11. The molecule has 2 aromatic carbocycles. The van der Waals surface area contributed by atoms with Crippen molar-refractivity contribution in [3.8, 4) is 11.5 Å². The largest absolute Gasteiger partial charge is 0.507 e. The number of carbonyl (C=O) groups is 2. The summed E-state index contributed by atoms with van der Waals surface area (Å²) < 4.78 is 6.90. The number of nitrogens with zero attached hydrogens (tertiary/aromatic N) is 1. The van der Waals surface area contributed by atoms with Crippen molar-refractivity contribution in [3.63, 3.8) is 0 Å². The van der Waals surface area contributed by atoms with Gasteiger partial charge in [-0.2, -0.15) is 0 Å². The van der Waals surface area contributed by atoms with Gasteiger partial charge in [-0.05, 0) is 83.2 Å². The minimum atomic E-state index is -1.26. The number of phenolic OH excluding ortho intramolecular Hbond substituents is 1. The molecule has 0 bridgehead atoms. The Bertz CT molecular complexity index is 973. The Kier molecular flexibility index (Phi) is 8.68. The molecule has 0 aliphatic rings. The Morgan fingerprint density at radius 3 is 2.20 bits per heavy atom. The van der Waals surface area contributed by atoms with E-state index in [2.05, 4.69) is 58.3 Å². The minimum absolute atomic E-state index is 0.0150. The molecular weight excluding hydrogens is 592 g/mol. The zero-order valence-corrected chi connectivity index (χ0v) is 20.3. The molecule has 8 nitrogen and oxygen atoms in total. The summed E-state index contributed by atoms with van der Waals surface area (Å²) in [6.07, 6.45) is -0.0705. The number of phenols is 1. The molecule has 4 N–H and O–H groups in total. The van der Waals surface area contributed by atoms with Crippen LogP contribution in [0.3, 0.4) is 0 Å². The van der Waals surface area contributed by atoms with Crippen molar-refractivity contribution in [1.29, 1.82) is 0 Å². The van der Waals surface area contributed by atoms with E-state index in [9.17, 15) is 25.0 Å². The van der Waals surface area contributed by atoms with Gasteiger partial charge in [0, 0.05) is 12.8 Å². The third-order valence-corrected chi connectivity index (χ3v) is 5.89. The third kappa shape index (κ3) is 6.19. The number of ether oxygens (including phenoxy) is 1. The molecule has 2 rings (SSSR count). The van der Waals surface area contributed by atoms with E-state index in [1.165, 1.54) is 13.2 Å². The van der Waals surface area contributed by atoms with Gasteiger partial charge in [0.1, 0.15) is 23.3 Å². The fraction of sp³-hybridized carbons (Fsp3) is 0.211. The second-order valence-corrected chi connectivity index (χ2v) is 8.73. The van der Waals surface area contributed by atoms with Crippen LogP contribution in [0.1, 0.15) is 11.1 Å². The summed E-state index contributed by atoms with van der Waals surface area (Å²) in [5, 5.41) is 33.7. The number of halogens is 3. The Hall–Kier alpha value is -2.11. The smallest absolute Gasteiger partial charge is 0.326 e. The summed E-state index contributed by atoms with van der Waals surface area (Å²) in [7, 11) is 1.51. The van der Waals surface area contributed by atoms with Crippen LogP contribution in [0.25, 0.3) is 0 Å². The molecule has 0 fully saturated rings. The topological polar surface area (TPSA) is 128 Å². The molecule has 0 radical (unpaired) electrons. The van der Waals surface area contributed by atoms with E-state index in [4.69, 9.17) is 4.74 Å². The molecule has 11 heteroatoms. The van der Waals surface area contributed by atoms with E-state index in [-0.39, 0.29) is 24.3 Å². The maximum atomic E-state index is 12.5. The average molecular weight is 609 g/mol. The lowest BCUT2D eigenvalue weighted by Gasteiger charge is -2.16. The maximum Gasteiger partial charge on any atom is 0.326 e. The monoisotopic (exact) mass is 606 g/mol. The number of nitrogens with one attached hydrogen (secondary N) is 1. The first kappa shape index (κ1) is 24.2. The summed E-state index contributed by atoms with van der Waals surface area (Å²) in [4.78, 5) is 24.2. The Morgan fingerprint density at radius 2 is 1.70 bits per heavy atom. The van der Waals surface area contributed by atoms with Crippen molar-refractivity contribution in [2.75, 3.05) is 7.11 Å². The molecule has 0 aromatic heterocycles. The number of rotatable bonds is 8. The van der Waals surface area contributed by atoms with Gasteiger partial charge in [0.05, 0.1) is 20.5 Å². The highest BCUT2D eigenvalue weighted by Gasteiger charge is 2.24. The quantitative estimate of drug-likeness (QED) is 0.205. The van der Waals surface area contributed by atoms with E-state index < -0.39 is 17.9 Å². The van der Waals surface area contributed by atoms with Crippen LogP contribution in [0.5, 0.6) is 11.5 Å². The number of hydrogen-bond acceptors (Lipinski definition) is 6. The van der Waals surface area contributed by atoms with E-state index >= 15 is 0 Å². The molecule has 1 atom stereocenters. The van der Waals surface area contributed by atoms with Crippen LogP contribution in [-0.4, -0.2) is 46.2 Å². The molecule has 0 saturated heterocycles. The van der Waals surface area contributed by atoms with Gasteiger partial charge in [-0.15, -0.1) is 0 Å². The number of aliphatic carboxylic acids is 1. The second-order valence-electron chi connectivity index (χ2n) is 6.17. The predicted octanol–water partition coefficient (Wildman–Crippen LogP) is 3.87. The number of carbonyl (C=O) groups excluding carboxylic acids is 1. The molecule has 0 spiro atoms. The van der Waals surface area contributed by atoms with Crippen LogP contribution in [0.15, 0.2) is 48.9 Å². The standard InChI is InChI=1S/C19H17Br3N2O6/c1-30-17-12(21)5-10(6-13(17)22)8-14(24-29)18(26)23-15(19(27)28)7-9-2-3-16(25)11(20)4-9/h2-6,15,25,29H,7-8H2,1H3,(H,23,26)(H,27,28). The van der Waals surface area contributed by atoms with E-state index in [0.29, 0.717) is 30.3 Å². The minimum Gasteiger partial charge on any atom is -0.507 e. The lowest BCUT2D eigenvalue weighted by atomic mass is 10.0. The number of benzene rings is 2. The fourth-order valence-corrected chi connectivity index (χ4v) is 4.65. The molecule has 2 aromatic rings. The van der Waals surface area contributed by atoms with Crippen LogP contribution in [-0.2, 0) is 22.4 Å². The van der Waals surface area contributed by atoms with E-state index in [1.807, 2.05) is 0 Å². The van der Waals surface area contributed by atoms with Crippen molar-refractivity contribution < 1.29 is 29.7 Å². The number of carboxylic acid groups (broad SMARTS) is 1. The molecule has 0 heterocycles. The van der Waals surface area contributed by atoms with Crippen molar-refractivity contribution in [2.45, 2.75) is 18.9 Å². The highest BCUT2D eigenvalue weighted by atomic mass is 79.9. The van der Waals surface area contributed by atoms with Gasteiger partial charge in [0.25, 0.3) is 5.91 Å².